The summed E-state index contributed by atoms with van der Waals surface area (Å²) in [6, 6.07) is 5.61. The van der Waals surface area contributed by atoms with Crippen molar-refractivity contribution in [3.63, 3.8) is 0 Å². The number of hydrogen-bond acceptors (Lipinski definition) is 2. The Morgan fingerprint density at radius 2 is 2.11 bits per heavy atom. The predicted octanol–water partition coefficient (Wildman–Crippen LogP) is 3.66. The van der Waals surface area contributed by atoms with Gasteiger partial charge in [0, 0.05) is 0 Å². The van der Waals surface area contributed by atoms with Crippen molar-refractivity contribution in [1.29, 1.82) is 0 Å². The third kappa shape index (κ3) is 2.83. The SMILES string of the molecule is O=C(NCc1ccco1)c1cc(F)c(Cl)cc1Cl. The summed E-state index contributed by atoms with van der Waals surface area (Å²) in [6.07, 6.45) is 1.50. The van der Waals surface area contributed by atoms with Gasteiger partial charge in [0.25, 0.3) is 5.91 Å². The van der Waals surface area contributed by atoms with E-state index in [-0.39, 0.29) is 22.2 Å². The second kappa shape index (κ2) is 5.42. The highest BCUT2D eigenvalue weighted by atomic mass is 35.5. The predicted molar refractivity (Wildman–Crippen MR) is 66.3 cm³/mol. The quantitative estimate of drug-likeness (QED) is 0.876. The molecule has 2 aromatic rings. The van der Waals surface area contributed by atoms with Crippen molar-refractivity contribution >= 4 is 29.1 Å². The molecule has 0 bridgehead atoms. The summed E-state index contributed by atoms with van der Waals surface area (Å²) in [4.78, 5) is 11.8. The Bertz CT molecular complexity index is 570. The lowest BCUT2D eigenvalue weighted by atomic mass is 10.2. The van der Waals surface area contributed by atoms with Crippen LogP contribution in [-0.4, -0.2) is 5.91 Å². The Hall–Kier alpha value is -1.52. The van der Waals surface area contributed by atoms with Gasteiger partial charge in [-0.3, -0.25) is 4.79 Å². The fraction of sp³-hybridized carbons (Fsp3) is 0.0833. The monoisotopic (exact) mass is 287 g/mol. The number of rotatable bonds is 3. The van der Waals surface area contributed by atoms with Crippen LogP contribution < -0.4 is 5.32 Å². The molecule has 0 radical (unpaired) electrons. The number of hydrogen-bond donors (Lipinski definition) is 1. The van der Waals surface area contributed by atoms with Gasteiger partial charge >= 0.3 is 0 Å². The van der Waals surface area contributed by atoms with Gasteiger partial charge in [0.05, 0.1) is 28.4 Å². The summed E-state index contributed by atoms with van der Waals surface area (Å²) in [7, 11) is 0. The molecule has 2 rings (SSSR count). The highest BCUT2D eigenvalue weighted by Gasteiger charge is 2.14. The molecule has 1 amide bonds. The molecule has 0 saturated heterocycles. The van der Waals surface area contributed by atoms with Crippen LogP contribution in [0.4, 0.5) is 4.39 Å². The zero-order chi connectivity index (χ0) is 13.1. The average molecular weight is 288 g/mol. The van der Waals surface area contributed by atoms with Gasteiger partial charge in [-0.15, -0.1) is 0 Å². The molecule has 1 aromatic carbocycles. The Kier molecular flexibility index (Phi) is 3.89. The number of amides is 1. The highest BCUT2D eigenvalue weighted by Crippen LogP contribution is 2.24. The van der Waals surface area contributed by atoms with Gasteiger partial charge in [0.15, 0.2) is 0 Å². The fourth-order valence-corrected chi connectivity index (χ4v) is 1.84. The number of carbonyl (C=O) groups excluding carboxylic acids is 1. The van der Waals surface area contributed by atoms with Gasteiger partial charge in [-0.2, -0.15) is 0 Å². The van der Waals surface area contributed by atoms with Crippen LogP contribution in [0.2, 0.25) is 10.0 Å². The second-order valence-corrected chi connectivity index (χ2v) is 4.32. The Labute approximate surface area is 112 Å². The number of carbonyl (C=O) groups is 1. The molecular formula is C12H8Cl2FNO2. The van der Waals surface area contributed by atoms with E-state index in [1.54, 1.807) is 12.1 Å². The Balaban J connectivity index is 2.11. The van der Waals surface area contributed by atoms with Crippen molar-refractivity contribution in [2.75, 3.05) is 0 Å². The first-order valence-corrected chi connectivity index (χ1v) is 5.78. The first-order valence-electron chi connectivity index (χ1n) is 5.03. The molecule has 0 saturated carbocycles. The largest absolute Gasteiger partial charge is 0.467 e. The average Bonchev–Trinajstić information content (AvgIpc) is 2.84. The van der Waals surface area contributed by atoms with Crippen LogP contribution in [0.1, 0.15) is 16.1 Å². The van der Waals surface area contributed by atoms with Gasteiger partial charge in [0.2, 0.25) is 0 Å². The second-order valence-electron chi connectivity index (χ2n) is 3.51. The lowest BCUT2D eigenvalue weighted by Crippen LogP contribution is -2.23. The third-order valence-electron chi connectivity index (χ3n) is 2.26. The standard InChI is InChI=1S/C12H8Cl2FNO2/c13-9-5-10(14)11(15)4-8(9)12(17)16-6-7-2-1-3-18-7/h1-5H,6H2,(H,16,17). The van der Waals surface area contributed by atoms with E-state index in [4.69, 9.17) is 27.6 Å². The number of halogens is 3. The smallest absolute Gasteiger partial charge is 0.253 e. The van der Waals surface area contributed by atoms with Gasteiger partial charge in [-0.25, -0.2) is 4.39 Å². The molecule has 0 aliphatic carbocycles. The van der Waals surface area contributed by atoms with E-state index in [2.05, 4.69) is 5.32 Å². The maximum Gasteiger partial charge on any atom is 0.253 e. The highest BCUT2D eigenvalue weighted by molar-refractivity contribution is 6.36. The molecule has 1 heterocycles. The van der Waals surface area contributed by atoms with Gasteiger partial charge in [-0.05, 0) is 24.3 Å². The van der Waals surface area contributed by atoms with Gasteiger partial charge in [-0.1, -0.05) is 23.2 Å². The fourth-order valence-electron chi connectivity index (χ4n) is 1.37. The number of benzene rings is 1. The molecule has 0 atom stereocenters. The normalized spacial score (nSPS) is 10.4. The molecule has 1 aromatic heterocycles. The molecule has 3 nitrogen and oxygen atoms in total. The van der Waals surface area contributed by atoms with Gasteiger partial charge < -0.3 is 9.73 Å². The van der Waals surface area contributed by atoms with E-state index in [9.17, 15) is 9.18 Å². The molecule has 0 spiro atoms. The van der Waals surface area contributed by atoms with Crippen molar-refractivity contribution in [2.45, 2.75) is 6.54 Å². The molecule has 0 aliphatic rings. The summed E-state index contributed by atoms with van der Waals surface area (Å²) in [5.74, 6) is -0.593. The van der Waals surface area contributed by atoms with E-state index in [0.29, 0.717) is 5.76 Å². The van der Waals surface area contributed by atoms with Gasteiger partial charge in [0.1, 0.15) is 11.6 Å². The summed E-state index contributed by atoms with van der Waals surface area (Å²) < 4.78 is 18.3. The topological polar surface area (TPSA) is 42.2 Å². The minimum atomic E-state index is -0.691. The Morgan fingerprint density at radius 1 is 1.33 bits per heavy atom. The van der Waals surface area contributed by atoms with Crippen molar-refractivity contribution in [3.8, 4) is 0 Å². The van der Waals surface area contributed by atoms with Crippen molar-refractivity contribution in [3.05, 3.63) is 57.7 Å². The number of furan rings is 1. The van der Waals surface area contributed by atoms with Crippen molar-refractivity contribution < 1.29 is 13.6 Å². The number of nitrogens with one attached hydrogen (secondary N) is 1. The van der Waals surface area contributed by atoms with Crippen LogP contribution in [0.15, 0.2) is 34.9 Å². The summed E-state index contributed by atoms with van der Waals surface area (Å²) in [5, 5.41) is 2.54. The van der Waals surface area contributed by atoms with Crippen LogP contribution in [0, 0.1) is 5.82 Å². The zero-order valence-electron chi connectivity index (χ0n) is 9.04. The summed E-state index contributed by atoms with van der Waals surface area (Å²) in [5.41, 5.74) is 0.0325. The van der Waals surface area contributed by atoms with E-state index >= 15 is 0 Å². The van der Waals surface area contributed by atoms with Crippen LogP contribution in [0.3, 0.4) is 0 Å². The minimum absolute atomic E-state index is 0.0325. The minimum Gasteiger partial charge on any atom is -0.467 e. The first-order chi connectivity index (χ1) is 8.58. The van der Waals surface area contributed by atoms with Crippen molar-refractivity contribution in [2.24, 2.45) is 0 Å². The van der Waals surface area contributed by atoms with E-state index < -0.39 is 11.7 Å². The lowest BCUT2D eigenvalue weighted by Gasteiger charge is -2.06. The van der Waals surface area contributed by atoms with E-state index in [0.717, 1.165) is 6.07 Å². The molecule has 1 N–H and O–H groups in total. The molecular weight excluding hydrogens is 280 g/mol. The molecule has 0 unspecified atom stereocenters. The molecule has 94 valence electrons. The van der Waals surface area contributed by atoms with E-state index in [1.165, 1.54) is 12.3 Å². The molecule has 18 heavy (non-hydrogen) atoms. The van der Waals surface area contributed by atoms with Crippen LogP contribution in [-0.2, 0) is 6.54 Å². The molecule has 6 heteroatoms. The summed E-state index contributed by atoms with van der Waals surface area (Å²) >= 11 is 11.4. The maximum atomic E-state index is 13.2. The Morgan fingerprint density at radius 3 is 2.78 bits per heavy atom. The molecule has 0 aliphatic heterocycles. The summed E-state index contributed by atoms with van der Waals surface area (Å²) in [6.45, 7) is 0.201. The van der Waals surface area contributed by atoms with Crippen LogP contribution >= 0.6 is 23.2 Å². The molecule has 0 fully saturated rings. The van der Waals surface area contributed by atoms with Crippen molar-refractivity contribution in [1.82, 2.24) is 5.32 Å². The zero-order valence-corrected chi connectivity index (χ0v) is 10.6. The third-order valence-corrected chi connectivity index (χ3v) is 2.86. The van der Waals surface area contributed by atoms with E-state index in [1.807, 2.05) is 0 Å². The van der Waals surface area contributed by atoms with Crippen LogP contribution in [0.5, 0.6) is 0 Å². The first kappa shape index (κ1) is 12.9. The van der Waals surface area contributed by atoms with Crippen LogP contribution in [0.25, 0.3) is 0 Å². The lowest BCUT2D eigenvalue weighted by molar-refractivity contribution is 0.0947. The maximum absolute atomic E-state index is 13.2.